The molecule has 1 unspecified atom stereocenters. The maximum Gasteiger partial charge on any atom is 0.177 e. The smallest absolute Gasteiger partial charge is 0.177 e. The first-order chi connectivity index (χ1) is 9.38. The third kappa shape index (κ3) is 2.64. The third-order valence-corrected chi connectivity index (χ3v) is 4.42. The van der Waals surface area contributed by atoms with Crippen LogP contribution in [0.3, 0.4) is 0 Å². The number of hydrogen-bond acceptors (Lipinski definition) is 6. The molecule has 6 heteroatoms. The molecule has 1 aliphatic rings. The third-order valence-electron chi connectivity index (χ3n) is 2.88. The Morgan fingerprint density at radius 2 is 2.16 bits per heavy atom. The lowest BCUT2D eigenvalue weighted by Gasteiger charge is -2.21. The van der Waals surface area contributed by atoms with E-state index in [1.807, 2.05) is 23.4 Å². The Morgan fingerprint density at radius 3 is 2.84 bits per heavy atom. The van der Waals surface area contributed by atoms with Gasteiger partial charge in [-0.1, -0.05) is 13.3 Å². The summed E-state index contributed by atoms with van der Waals surface area (Å²) in [5.41, 5.74) is 3.64. The van der Waals surface area contributed by atoms with Crippen molar-refractivity contribution in [1.82, 2.24) is 9.97 Å². The maximum atomic E-state index is 6.03. The number of nitrogens with zero attached hydrogens (tertiary/aromatic N) is 3. The first kappa shape index (κ1) is 12.6. The van der Waals surface area contributed by atoms with Crippen LogP contribution < -0.4 is 4.90 Å². The second-order valence-corrected chi connectivity index (χ2v) is 5.98. The van der Waals surface area contributed by atoms with Gasteiger partial charge in [0.05, 0.1) is 22.1 Å². The van der Waals surface area contributed by atoms with Crippen LogP contribution in [0.4, 0.5) is 5.00 Å². The normalized spacial score (nSPS) is 18.5. The molecule has 1 aliphatic heterocycles. The lowest BCUT2D eigenvalue weighted by Crippen LogP contribution is -2.27. The van der Waals surface area contributed by atoms with E-state index in [0.717, 1.165) is 34.9 Å². The monoisotopic (exact) mass is 292 g/mol. The van der Waals surface area contributed by atoms with Crippen LogP contribution in [0.5, 0.6) is 0 Å². The van der Waals surface area contributed by atoms with Gasteiger partial charge in [0.1, 0.15) is 11.2 Å². The lowest BCUT2D eigenvalue weighted by atomic mass is 10.2. The average Bonchev–Trinajstić information content (AvgIpc) is 3.14. The van der Waals surface area contributed by atoms with Crippen LogP contribution in [0, 0.1) is 6.20 Å². The van der Waals surface area contributed by atoms with Crippen molar-refractivity contribution in [2.24, 2.45) is 0 Å². The molecule has 0 bridgehead atoms. The Balaban J connectivity index is 1.83. The summed E-state index contributed by atoms with van der Waals surface area (Å²) < 4.78 is 6.03. The first-order valence-electron chi connectivity index (χ1n) is 6.25. The van der Waals surface area contributed by atoms with Crippen LogP contribution in [0.1, 0.15) is 31.1 Å². The molecule has 0 saturated carbocycles. The molecule has 99 valence electrons. The van der Waals surface area contributed by atoms with Crippen molar-refractivity contribution in [3.05, 3.63) is 34.5 Å². The number of ether oxygens (including phenoxy) is 1. The van der Waals surface area contributed by atoms with E-state index >= 15 is 0 Å². The van der Waals surface area contributed by atoms with Crippen molar-refractivity contribution in [2.45, 2.75) is 32.4 Å². The molecule has 0 spiro atoms. The van der Waals surface area contributed by atoms with Gasteiger partial charge in [0.2, 0.25) is 0 Å². The van der Waals surface area contributed by atoms with Gasteiger partial charge in [-0.25, -0.2) is 0 Å². The lowest BCUT2D eigenvalue weighted by molar-refractivity contribution is 0.179. The molecule has 0 aliphatic carbocycles. The molecule has 3 heterocycles. The van der Waals surface area contributed by atoms with Gasteiger partial charge in [-0.3, -0.25) is 14.9 Å². The van der Waals surface area contributed by atoms with E-state index in [4.69, 9.17) is 4.74 Å². The molecule has 0 N–H and O–H groups in total. The van der Waals surface area contributed by atoms with Crippen LogP contribution in [0.2, 0.25) is 0 Å². The standard InChI is InChI=1S/C13H14N3OS2/c1-2-3-4-12-16(13-6-15-9-19-13)7-10(17-12)11-5-14-8-18-11/h5-6,8-9,12H,2-4H2,1H3. The van der Waals surface area contributed by atoms with Crippen molar-refractivity contribution in [3.63, 3.8) is 0 Å². The molecule has 0 amide bonds. The van der Waals surface area contributed by atoms with Crippen molar-refractivity contribution >= 4 is 33.4 Å². The zero-order chi connectivity index (χ0) is 13.1. The highest BCUT2D eigenvalue weighted by atomic mass is 32.1. The summed E-state index contributed by atoms with van der Waals surface area (Å²) >= 11 is 3.17. The number of unbranched alkanes of at least 4 members (excludes halogenated alkanes) is 1. The quantitative estimate of drug-likeness (QED) is 0.841. The highest BCUT2D eigenvalue weighted by Crippen LogP contribution is 2.35. The van der Waals surface area contributed by atoms with Crippen molar-refractivity contribution in [1.29, 1.82) is 0 Å². The summed E-state index contributed by atoms with van der Waals surface area (Å²) in [6.45, 7) is 2.19. The molecule has 0 saturated heterocycles. The Kier molecular flexibility index (Phi) is 3.79. The minimum atomic E-state index is 0.0255. The maximum absolute atomic E-state index is 6.03. The first-order valence-corrected chi connectivity index (χ1v) is 8.01. The van der Waals surface area contributed by atoms with E-state index < -0.39 is 0 Å². The van der Waals surface area contributed by atoms with Gasteiger partial charge >= 0.3 is 0 Å². The molecule has 2 aromatic heterocycles. The van der Waals surface area contributed by atoms with Crippen LogP contribution in [-0.4, -0.2) is 16.2 Å². The molecule has 0 fully saturated rings. The number of hydrogen-bond donors (Lipinski definition) is 0. The van der Waals surface area contributed by atoms with Crippen molar-refractivity contribution < 1.29 is 4.74 Å². The van der Waals surface area contributed by atoms with Crippen LogP contribution in [0.25, 0.3) is 5.76 Å². The molecule has 4 nitrogen and oxygen atoms in total. The molecule has 19 heavy (non-hydrogen) atoms. The zero-order valence-electron chi connectivity index (χ0n) is 10.6. The van der Waals surface area contributed by atoms with E-state index in [1.54, 1.807) is 22.7 Å². The second-order valence-electron chi connectivity index (χ2n) is 4.23. The molecule has 0 aromatic carbocycles. The topological polar surface area (TPSA) is 38.2 Å². The predicted octanol–water partition coefficient (Wildman–Crippen LogP) is 3.75. The summed E-state index contributed by atoms with van der Waals surface area (Å²) in [6.07, 6.45) is 10.3. The average molecular weight is 292 g/mol. The van der Waals surface area contributed by atoms with Gasteiger partial charge in [0.25, 0.3) is 0 Å². The molecule has 2 aromatic rings. The van der Waals surface area contributed by atoms with Gasteiger partial charge < -0.3 is 4.74 Å². The van der Waals surface area contributed by atoms with Crippen molar-refractivity contribution in [3.8, 4) is 0 Å². The Morgan fingerprint density at radius 1 is 1.32 bits per heavy atom. The predicted molar refractivity (Wildman–Crippen MR) is 77.8 cm³/mol. The van der Waals surface area contributed by atoms with Crippen molar-refractivity contribution in [2.75, 3.05) is 4.90 Å². The molecular weight excluding hydrogens is 278 g/mol. The fraction of sp³-hybridized carbons (Fsp3) is 0.385. The summed E-state index contributed by atoms with van der Waals surface area (Å²) in [4.78, 5) is 11.3. The SMILES string of the molecule is CCCCC1OC(c2cncs2)=[C]N1c1cncs1. The Bertz CT molecular complexity index is 536. The van der Waals surface area contributed by atoms with E-state index in [9.17, 15) is 0 Å². The number of aromatic nitrogens is 2. The fourth-order valence-corrected chi connectivity index (χ4v) is 3.12. The highest BCUT2D eigenvalue weighted by Gasteiger charge is 2.29. The summed E-state index contributed by atoms with van der Waals surface area (Å²) in [7, 11) is 0. The summed E-state index contributed by atoms with van der Waals surface area (Å²) in [5, 5.41) is 1.07. The van der Waals surface area contributed by atoms with E-state index in [0.29, 0.717) is 0 Å². The van der Waals surface area contributed by atoms with Gasteiger partial charge in [0, 0.05) is 12.6 Å². The minimum Gasteiger partial charge on any atom is -0.466 e. The Labute approximate surface area is 120 Å². The molecular formula is C13H14N3OS2. The highest BCUT2D eigenvalue weighted by molar-refractivity contribution is 7.13. The minimum absolute atomic E-state index is 0.0255. The second kappa shape index (κ2) is 5.71. The van der Waals surface area contributed by atoms with Gasteiger partial charge in [-0.2, -0.15) is 0 Å². The Hall–Kier alpha value is -1.40. The largest absolute Gasteiger partial charge is 0.466 e. The van der Waals surface area contributed by atoms with Gasteiger partial charge in [-0.15, -0.1) is 22.7 Å². The summed E-state index contributed by atoms with van der Waals surface area (Å²) in [5.74, 6) is 0.789. The van der Waals surface area contributed by atoms with Gasteiger partial charge in [-0.05, 0) is 6.42 Å². The fourth-order valence-electron chi connectivity index (χ4n) is 1.93. The van der Waals surface area contributed by atoms with Crippen LogP contribution >= 0.6 is 22.7 Å². The van der Waals surface area contributed by atoms with Crippen LogP contribution in [0.15, 0.2) is 23.4 Å². The number of thiazole rings is 2. The number of anilines is 1. The van der Waals surface area contributed by atoms with E-state index in [2.05, 4.69) is 28.0 Å². The van der Waals surface area contributed by atoms with E-state index in [-0.39, 0.29) is 6.23 Å². The van der Waals surface area contributed by atoms with Gasteiger partial charge in [0.15, 0.2) is 12.0 Å². The zero-order valence-corrected chi connectivity index (χ0v) is 12.2. The summed E-state index contributed by atoms with van der Waals surface area (Å²) in [6, 6.07) is 0. The molecule has 1 radical (unpaired) electrons. The van der Waals surface area contributed by atoms with E-state index in [1.165, 1.54) is 0 Å². The number of rotatable bonds is 5. The van der Waals surface area contributed by atoms with Crippen LogP contribution in [-0.2, 0) is 4.74 Å². The molecule has 3 rings (SSSR count). The molecule has 1 atom stereocenters.